The fraction of sp³-hybridized carbons (Fsp3) is 0.643. The zero-order valence-corrected chi connectivity index (χ0v) is 11.7. The van der Waals surface area contributed by atoms with Crippen molar-refractivity contribution < 1.29 is 14.7 Å². The van der Waals surface area contributed by atoms with Crippen LogP contribution in [0.4, 0.5) is 0 Å². The fourth-order valence-electron chi connectivity index (χ4n) is 2.52. The molecule has 1 aliphatic rings. The summed E-state index contributed by atoms with van der Waals surface area (Å²) >= 11 is 0. The molecule has 1 amide bonds. The molecule has 1 aliphatic carbocycles. The van der Waals surface area contributed by atoms with Crippen molar-refractivity contribution in [3.63, 3.8) is 0 Å². The summed E-state index contributed by atoms with van der Waals surface area (Å²) in [6, 6.07) is 1.73. The first-order valence-electron chi connectivity index (χ1n) is 7.10. The van der Waals surface area contributed by atoms with Gasteiger partial charge < -0.3 is 10.4 Å². The first-order chi connectivity index (χ1) is 9.54. The van der Waals surface area contributed by atoms with Crippen LogP contribution in [0.5, 0.6) is 0 Å². The van der Waals surface area contributed by atoms with Crippen molar-refractivity contribution in [3.05, 3.63) is 18.0 Å². The van der Waals surface area contributed by atoms with Gasteiger partial charge in [0, 0.05) is 25.2 Å². The second-order valence-electron chi connectivity index (χ2n) is 5.54. The van der Waals surface area contributed by atoms with E-state index in [0.717, 1.165) is 18.8 Å². The fourth-order valence-corrected chi connectivity index (χ4v) is 2.52. The molecule has 0 unspecified atom stereocenters. The number of amides is 1. The van der Waals surface area contributed by atoms with Crippen LogP contribution in [-0.2, 0) is 11.3 Å². The van der Waals surface area contributed by atoms with Crippen LogP contribution in [0.1, 0.15) is 49.5 Å². The SMILES string of the molecule is CC1CCC(NC(=O)CCn2ccc(C(=O)O)n2)CC1. The van der Waals surface area contributed by atoms with E-state index in [4.69, 9.17) is 5.11 Å². The van der Waals surface area contributed by atoms with Crippen LogP contribution in [-0.4, -0.2) is 32.8 Å². The van der Waals surface area contributed by atoms with Crippen LogP contribution in [0.2, 0.25) is 0 Å². The summed E-state index contributed by atoms with van der Waals surface area (Å²) in [4.78, 5) is 22.5. The molecule has 1 fully saturated rings. The number of carboxylic acids is 1. The van der Waals surface area contributed by atoms with Crippen molar-refractivity contribution in [2.24, 2.45) is 5.92 Å². The van der Waals surface area contributed by atoms with Crippen molar-refractivity contribution in [2.45, 2.75) is 51.6 Å². The number of nitrogens with zero attached hydrogens (tertiary/aromatic N) is 2. The molecule has 6 nitrogen and oxygen atoms in total. The second-order valence-corrected chi connectivity index (χ2v) is 5.54. The van der Waals surface area contributed by atoms with Crippen LogP contribution in [0, 0.1) is 5.92 Å². The molecule has 0 bridgehead atoms. The van der Waals surface area contributed by atoms with Gasteiger partial charge >= 0.3 is 5.97 Å². The predicted octanol–water partition coefficient (Wildman–Crippen LogP) is 1.67. The van der Waals surface area contributed by atoms with Gasteiger partial charge in [0.15, 0.2) is 5.69 Å². The second kappa shape index (κ2) is 6.54. The average molecular weight is 279 g/mol. The largest absolute Gasteiger partial charge is 0.476 e. The van der Waals surface area contributed by atoms with E-state index in [1.165, 1.54) is 23.6 Å². The molecule has 0 aliphatic heterocycles. The van der Waals surface area contributed by atoms with Gasteiger partial charge in [-0.25, -0.2) is 4.79 Å². The molecule has 0 saturated heterocycles. The molecule has 1 aromatic rings. The van der Waals surface area contributed by atoms with Crippen LogP contribution >= 0.6 is 0 Å². The number of rotatable bonds is 5. The first-order valence-corrected chi connectivity index (χ1v) is 7.10. The van der Waals surface area contributed by atoms with Crippen molar-refractivity contribution >= 4 is 11.9 Å². The van der Waals surface area contributed by atoms with E-state index in [2.05, 4.69) is 17.3 Å². The number of aryl methyl sites for hydroxylation is 1. The minimum atomic E-state index is -1.05. The number of hydrogen-bond acceptors (Lipinski definition) is 3. The Balaban J connectivity index is 1.73. The van der Waals surface area contributed by atoms with Crippen molar-refractivity contribution in [2.75, 3.05) is 0 Å². The Labute approximate surface area is 118 Å². The summed E-state index contributed by atoms with van der Waals surface area (Å²) in [7, 11) is 0. The Morgan fingerprint density at radius 3 is 2.70 bits per heavy atom. The van der Waals surface area contributed by atoms with E-state index >= 15 is 0 Å². The number of nitrogens with one attached hydrogen (secondary N) is 1. The average Bonchev–Trinajstić information content (AvgIpc) is 2.88. The first kappa shape index (κ1) is 14.6. The molecular weight excluding hydrogens is 258 g/mol. The molecule has 2 rings (SSSR count). The van der Waals surface area contributed by atoms with Gasteiger partial charge in [0.05, 0.1) is 0 Å². The standard InChI is InChI=1S/C14H21N3O3/c1-10-2-4-11(5-3-10)15-13(18)7-9-17-8-6-12(16-17)14(19)20/h6,8,10-11H,2-5,7,9H2,1H3,(H,15,18)(H,19,20). The van der Waals surface area contributed by atoms with Gasteiger partial charge in [-0.3, -0.25) is 9.48 Å². The van der Waals surface area contributed by atoms with Gasteiger partial charge in [0.25, 0.3) is 0 Å². The Kier molecular flexibility index (Phi) is 4.76. The minimum Gasteiger partial charge on any atom is -0.476 e. The summed E-state index contributed by atoms with van der Waals surface area (Å²) in [5, 5.41) is 15.7. The van der Waals surface area contributed by atoms with Crippen LogP contribution < -0.4 is 5.32 Å². The minimum absolute atomic E-state index is 0.00618. The Morgan fingerprint density at radius 2 is 2.10 bits per heavy atom. The summed E-state index contributed by atoms with van der Waals surface area (Å²) in [5.74, 6) is -0.275. The van der Waals surface area contributed by atoms with E-state index in [0.29, 0.717) is 19.0 Å². The maximum Gasteiger partial charge on any atom is 0.356 e. The summed E-state index contributed by atoms with van der Waals surface area (Å²) in [6.45, 7) is 2.65. The lowest BCUT2D eigenvalue weighted by Gasteiger charge is -2.26. The highest BCUT2D eigenvalue weighted by atomic mass is 16.4. The lowest BCUT2D eigenvalue weighted by atomic mass is 9.87. The highest BCUT2D eigenvalue weighted by Crippen LogP contribution is 2.23. The van der Waals surface area contributed by atoms with Crippen molar-refractivity contribution in [3.8, 4) is 0 Å². The van der Waals surface area contributed by atoms with E-state index in [9.17, 15) is 9.59 Å². The Morgan fingerprint density at radius 1 is 1.40 bits per heavy atom. The van der Waals surface area contributed by atoms with E-state index in [-0.39, 0.29) is 11.6 Å². The van der Waals surface area contributed by atoms with Crippen LogP contribution in [0.3, 0.4) is 0 Å². The molecule has 0 aromatic carbocycles. The molecule has 20 heavy (non-hydrogen) atoms. The third kappa shape index (κ3) is 4.08. The summed E-state index contributed by atoms with van der Waals surface area (Å²) < 4.78 is 1.49. The predicted molar refractivity (Wildman–Crippen MR) is 73.4 cm³/mol. The maximum atomic E-state index is 11.8. The van der Waals surface area contributed by atoms with Gasteiger partial charge in [-0.1, -0.05) is 6.92 Å². The summed E-state index contributed by atoms with van der Waals surface area (Å²) in [6.07, 6.45) is 6.36. The van der Waals surface area contributed by atoms with E-state index < -0.39 is 5.97 Å². The highest BCUT2D eigenvalue weighted by molar-refractivity contribution is 5.85. The Hall–Kier alpha value is -1.85. The number of aromatic carboxylic acids is 1. The van der Waals surface area contributed by atoms with Crippen LogP contribution in [0.15, 0.2) is 12.3 Å². The molecule has 110 valence electrons. The molecule has 2 N–H and O–H groups in total. The molecule has 1 heterocycles. The van der Waals surface area contributed by atoms with Crippen molar-refractivity contribution in [1.82, 2.24) is 15.1 Å². The smallest absolute Gasteiger partial charge is 0.356 e. The number of aromatic nitrogens is 2. The topological polar surface area (TPSA) is 84.2 Å². The maximum absolute atomic E-state index is 11.8. The molecule has 0 atom stereocenters. The number of carbonyl (C=O) groups excluding carboxylic acids is 1. The van der Waals surface area contributed by atoms with E-state index in [1.54, 1.807) is 6.20 Å². The molecule has 0 spiro atoms. The molecular formula is C14H21N3O3. The van der Waals surface area contributed by atoms with Gasteiger partial charge in [0.1, 0.15) is 0 Å². The van der Waals surface area contributed by atoms with Gasteiger partial charge in [-0.2, -0.15) is 5.10 Å². The van der Waals surface area contributed by atoms with Crippen molar-refractivity contribution in [1.29, 1.82) is 0 Å². The lowest BCUT2D eigenvalue weighted by Crippen LogP contribution is -2.37. The van der Waals surface area contributed by atoms with Gasteiger partial charge in [0.2, 0.25) is 5.91 Å². The molecule has 1 saturated carbocycles. The monoisotopic (exact) mass is 279 g/mol. The van der Waals surface area contributed by atoms with E-state index in [1.807, 2.05) is 0 Å². The zero-order chi connectivity index (χ0) is 14.5. The molecule has 1 aromatic heterocycles. The third-order valence-corrected chi connectivity index (χ3v) is 3.81. The highest BCUT2D eigenvalue weighted by Gasteiger charge is 2.19. The molecule has 0 radical (unpaired) electrons. The Bertz CT molecular complexity index is 476. The quantitative estimate of drug-likeness (QED) is 0.858. The normalized spacial score (nSPS) is 22.4. The number of hydrogen-bond donors (Lipinski definition) is 2. The lowest BCUT2D eigenvalue weighted by molar-refractivity contribution is -0.122. The summed E-state index contributed by atoms with van der Waals surface area (Å²) in [5.41, 5.74) is 0.00618. The zero-order valence-electron chi connectivity index (χ0n) is 11.7. The molecule has 6 heteroatoms. The third-order valence-electron chi connectivity index (χ3n) is 3.81. The number of carboxylic acid groups (broad SMARTS) is 1. The van der Waals surface area contributed by atoms with Crippen LogP contribution in [0.25, 0.3) is 0 Å². The van der Waals surface area contributed by atoms with Gasteiger partial charge in [-0.15, -0.1) is 0 Å². The van der Waals surface area contributed by atoms with Gasteiger partial charge in [-0.05, 0) is 37.7 Å². The number of carbonyl (C=O) groups is 2.